The van der Waals surface area contributed by atoms with Crippen molar-refractivity contribution in [3.05, 3.63) is 29.8 Å². The monoisotopic (exact) mass is 347 g/mol. The van der Waals surface area contributed by atoms with Crippen LogP contribution in [0.15, 0.2) is 29.3 Å². The third-order valence-electron chi connectivity index (χ3n) is 4.46. The molecule has 1 aliphatic heterocycles. The van der Waals surface area contributed by atoms with Crippen molar-refractivity contribution in [3.8, 4) is 0 Å². The first-order chi connectivity index (χ1) is 12.1. The Hall–Kier alpha value is -1.79. The van der Waals surface area contributed by atoms with Crippen LogP contribution >= 0.6 is 0 Å². The SMILES string of the molecule is COCC(C)NC(N)=NCCCN1CCN(c2cccc(C)c2)CC1. The van der Waals surface area contributed by atoms with Crippen LogP contribution in [0.5, 0.6) is 0 Å². The summed E-state index contributed by atoms with van der Waals surface area (Å²) in [6.45, 7) is 11.0. The third-order valence-corrected chi connectivity index (χ3v) is 4.46. The number of anilines is 1. The standard InChI is InChI=1S/C19H33N5O/c1-16-6-4-7-18(14-16)24-12-10-23(11-13-24)9-5-8-21-19(20)22-17(2)15-25-3/h4,6-7,14,17H,5,8-13,15H2,1-3H3,(H3,20,21,22). The second-order valence-corrected chi connectivity index (χ2v) is 6.79. The zero-order valence-corrected chi connectivity index (χ0v) is 15.9. The molecule has 2 rings (SSSR count). The molecule has 3 N–H and O–H groups in total. The van der Waals surface area contributed by atoms with Crippen LogP contribution in [0.2, 0.25) is 0 Å². The van der Waals surface area contributed by atoms with Crippen LogP contribution in [0.3, 0.4) is 0 Å². The lowest BCUT2D eigenvalue weighted by Gasteiger charge is -2.36. The number of methoxy groups -OCH3 is 1. The molecule has 0 radical (unpaired) electrons. The Morgan fingerprint density at radius 3 is 2.76 bits per heavy atom. The quantitative estimate of drug-likeness (QED) is 0.423. The number of piperazine rings is 1. The van der Waals surface area contributed by atoms with Gasteiger partial charge >= 0.3 is 0 Å². The van der Waals surface area contributed by atoms with Crippen molar-refractivity contribution >= 4 is 11.6 Å². The molecule has 140 valence electrons. The van der Waals surface area contributed by atoms with Crippen LogP contribution in [-0.4, -0.2) is 69.9 Å². The van der Waals surface area contributed by atoms with Gasteiger partial charge in [-0.3, -0.25) is 9.89 Å². The van der Waals surface area contributed by atoms with Crippen molar-refractivity contribution in [3.63, 3.8) is 0 Å². The van der Waals surface area contributed by atoms with E-state index >= 15 is 0 Å². The number of ether oxygens (including phenoxy) is 1. The molecule has 1 aromatic carbocycles. The van der Waals surface area contributed by atoms with Gasteiger partial charge in [-0.05, 0) is 38.0 Å². The summed E-state index contributed by atoms with van der Waals surface area (Å²) in [6, 6.07) is 8.95. The zero-order chi connectivity index (χ0) is 18.1. The Morgan fingerprint density at radius 2 is 2.08 bits per heavy atom. The first kappa shape index (κ1) is 19.5. The Morgan fingerprint density at radius 1 is 1.32 bits per heavy atom. The minimum Gasteiger partial charge on any atom is -0.383 e. The maximum Gasteiger partial charge on any atom is 0.188 e. The van der Waals surface area contributed by atoms with Gasteiger partial charge in [0.05, 0.1) is 6.61 Å². The van der Waals surface area contributed by atoms with Crippen LogP contribution in [0.1, 0.15) is 18.9 Å². The van der Waals surface area contributed by atoms with Crippen LogP contribution in [0.4, 0.5) is 5.69 Å². The number of guanidine groups is 1. The number of nitrogens with two attached hydrogens (primary N) is 1. The molecular formula is C19H33N5O. The Balaban J connectivity index is 1.64. The fourth-order valence-electron chi connectivity index (χ4n) is 3.14. The molecule has 1 aromatic rings. The molecule has 1 atom stereocenters. The number of hydrogen-bond acceptors (Lipinski definition) is 4. The topological polar surface area (TPSA) is 66.1 Å². The number of aryl methyl sites for hydroxylation is 1. The number of rotatable bonds is 8. The fourth-order valence-corrected chi connectivity index (χ4v) is 3.14. The van der Waals surface area contributed by atoms with Gasteiger partial charge in [0, 0.05) is 58.1 Å². The van der Waals surface area contributed by atoms with E-state index in [-0.39, 0.29) is 6.04 Å². The molecule has 0 aliphatic carbocycles. The van der Waals surface area contributed by atoms with Gasteiger partial charge in [0.1, 0.15) is 0 Å². The first-order valence-corrected chi connectivity index (χ1v) is 9.18. The number of benzene rings is 1. The van der Waals surface area contributed by atoms with Gasteiger partial charge in [0.15, 0.2) is 5.96 Å². The Kier molecular flexibility index (Phi) is 8.01. The molecular weight excluding hydrogens is 314 g/mol. The van der Waals surface area contributed by atoms with Crippen molar-refractivity contribution in [2.45, 2.75) is 26.3 Å². The van der Waals surface area contributed by atoms with Crippen molar-refractivity contribution in [1.29, 1.82) is 0 Å². The largest absolute Gasteiger partial charge is 0.383 e. The van der Waals surface area contributed by atoms with E-state index in [0.717, 1.165) is 45.7 Å². The minimum absolute atomic E-state index is 0.184. The maximum absolute atomic E-state index is 5.88. The van der Waals surface area contributed by atoms with Gasteiger partial charge in [-0.1, -0.05) is 12.1 Å². The molecule has 1 aliphatic rings. The highest BCUT2D eigenvalue weighted by Crippen LogP contribution is 2.17. The van der Waals surface area contributed by atoms with Crippen LogP contribution in [-0.2, 0) is 4.74 Å². The van der Waals surface area contributed by atoms with Gasteiger partial charge < -0.3 is 20.7 Å². The summed E-state index contributed by atoms with van der Waals surface area (Å²) >= 11 is 0. The van der Waals surface area contributed by atoms with E-state index in [9.17, 15) is 0 Å². The van der Waals surface area contributed by atoms with Gasteiger partial charge in [0.25, 0.3) is 0 Å². The van der Waals surface area contributed by atoms with E-state index in [0.29, 0.717) is 12.6 Å². The van der Waals surface area contributed by atoms with E-state index in [1.807, 2.05) is 6.92 Å². The highest BCUT2D eigenvalue weighted by Gasteiger charge is 2.16. The molecule has 0 bridgehead atoms. The number of nitrogens with one attached hydrogen (secondary N) is 1. The fraction of sp³-hybridized carbons (Fsp3) is 0.632. The van der Waals surface area contributed by atoms with E-state index in [1.165, 1.54) is 11.3 Å². The van der Waals surface area contributed by atoms with Crippen molar-refractivity contribution in [1.82, 2.24) is 10.2 Å². The van der Waals surface area contributed by atoms with Gasteiger partial charge in [-0.15, -0.1) is 0 Å². The van der Waals surface area contributed by atoms with Gasteiger partial charge in [-0.25, -0.2) is 0 Å². The van der Waals surface area contributed by atoms with Gasteiger partial charge in [0.2, 0.25) is 0 Å². The van der Waals surface area contributed by atoms with Gasteiger partial charge in [-0.2, -0.15) is 0 Å². The summed E-state index contributed by atoms with van der Waals surface area (Å²) in [5, 5.41) is 3.13. The van der Waals surface area contributed by atoms with Crippen LogP contribution in [0, 0.1) is 6.92 Å². The molecule has 1 fully saturated rings. The zero-order valence-electron chi connectivity index (χ0n) is 15.9. The lowest BCUT2D eigenvalue weighted by Crippen LogP contribution is -2.46. The molecule has 6 nitrogen and oxygen atoms in total. The first-order valence-electron chi connectivity index (χ1n) is 9.18. The average molecular weight is 348 g/mol. The molecule has 25 heavy (non-hydrogen) atoms. The van der Waals surface area contributed by atoms with Crippen molar-refractivity contribution in [2.24, 2.45) is 10.7 Å². The molecule has 1 heterocycles. The third kappa shape index (κ3) is 6.92. The van der Waals surface area contributed by atoms with Crippen LogP contribution < -0.4 is 16.0 Å². The second-order valence-electron chi connectivity index (χ2n) is 6.79. The molecule has 1 unspecified atom stereocenters. The highest BCUT2D eigenvalue weighted by atomic mass is 16.5. The van der Waals surface area contributed by atoms with Crippen molar-refractivity contribution < 1.29 is 4.74 Å². The molecule has 1 saturated heterocycles. The molecule has 6 heteroatoms. The summed E-state index contributed by atoms with van der Waals surface area (Å²) in [4.78, 5) is 9.38. The van der Waals surface area contributed by atoms with E-state index in [4.69, 9.17) is 10.5 Å². The second kappa shape index (κ2) is 10.3. The molecule has 0 aromatic heterocycles. The predicted octanol–water partition coefficient (Wildman–Crippen LogP) is 1.45. The van der Waals surface area contributed by atoms with E-state index < -0.39 is 0 Å². The summed E-state index contributed by atoms with van der Waals surface area (Å²) in [7, 11) is 1.68. The van der Waals surface area contributed by atoms with E-state index in [1.54, 1.807) is 7.11 Å². The average Bonchev–Trinajstić information content (AvgIpc) is 2.59. The van der Waals surface area contributed by atoms with Crippen molar-refractivity contribution in [2.75, 3.05) is 57.9 Å². The minimum atomic E-state index is 0.184. The Labute approximate surface area is 152 Å². The predicted molar refractivity (Wildman–Crippen MR) is 105 cm³/mol. The lowest BCUT2D eigenvalue weighted by molar-refractivity contribution is 0.179. The summed E-state index contributed by atoms with van der Waals surface area (Å²) in [5.74, 6) is 0.508. The summed E-state index contributed by atoms with van der Waals surface area (Å²) < 4.78 is 5.07. The number of hydrogen-bond donors (Lipinski definition) is 2. The molecule has 0 saturated carbocycles. The summed E-state index contributed by atoms with van der Waals surface area (Å²) in [5.41, 5.74) is 8.55. The summed E-state index contributed by atoms with van der Waals surface area (Å²) in [6.07, 6.45) is 1.03. The van der Waals surface area contributed by atoms with Crippen LogP contribution in [0.25, 0.3) is 0 Å². The molecule has 0 spiro atoms. The van der Waals surface area contributed by atoms with E-state index in [2.05, 4.69) is 51.3 Å². The smallest absolute Gasteiger partial charge is 0.188 e. The lowest BCUT2D eigenvalue weighted by atomic mass is 10.2. The maximum atomic E-state index is 5.88. The highest BCUT2D eigenvalue weighted by molar-refractivity contribution is 5.78. The number of aliphatic imine (C=N–C) groups is 1. The molecule has 0 amide bonds. The number of nitrogens with zero attached hydrogens (tertiary/aromatic N) is 3. The normalized spacial score (nSPS) is 17.6. The Bertz CT molecular complexity index is 540.